The van der Waals surface area contributed by atoms with Crippen LogP contribution in [0, 0.1) is 21.4 Å². The molecule has 0 heterocycles. The van der Waals surface area contributed by atoms with Crippen molar-refractivity contribution in [2.45, 2.75) is 6.42 Å². The Kier molecular flexibility index (Phi) is 6.48. The lowest BCUT2D eigenvalue weighted by molar-refractivity contribution is -0.384. The molecule has 0 atom stereocenters. The van der Waals surface area contributed by atoms with Crippen LogP contribution >= 0.6 is 0 Å². The Morgan fingerprint density at radius 3 is 2.70 bits per heavy atom. The van der Waals surface area contributed by atoms with E-state index < -0.39 is 23.4 Å². The van der Waals surface area contributed by atoms with E-state index in [9.17, 15) is 19.7 Å². The fourth-order valence-electron chi connectivity index (χ4n) is 1.63. The molecule has 0 spiro atoms. The number of benzene rings is 1. The highest BCUT2D eigenvalue weighted by atomic mass is 16.6. The predicted molar refractivity (Wildman–Crippen MR) is 77.8 cm³/mol. The van der Waals surface area contributed by atoms with Gasteiger partial charge < -0.3 is 14.4 Å². The first-order valence-corrected chi connectivity index (χ1v) is 6.51. The van der Waals surface area contributed by atoms with Crippen molar-refractivity contribution >= 4 is 17.6 Å². The second-order valence-electron chi connectivity index (χ2n) is 4.44. The molecule has 0 N–H and O–H groups in total. The summed E-state index contributed by atoms with van der Waals surface area (Å²) in [4.78, 5) is 35.1. The van der Waals surface area contributed by atoms with Crippen LogP contribution in [0.2, 0.25) is 0 Å². The average molecular weight is 321 g/mol. The third-order valence-corrected chi connectivity index (χ3v) is 2.93. The number of carbonyl (C=O) groups is 2. The van der Waals surface area contributed by atoms with E-state index in [1.807, 2.05) is 6.07 Å². The van der Waals surface area contributed by atoms with Crippen LogP contribution in [0.3, 0.4) is 0 Å². The average Bonchev–Trinajstić information content (AvgIpc) is 2.56. The Morgan fingerprint density at radius 1 is 1.43 bits per heavy atom. The quantitative estimate of drug-likeness (QED) is 0.419. The van der Waals surface area contributed by atoms with Crippen molar-refractivity contribution in [1.82, 2.24) is 4.90 Å². The van der Waals surface area contributed by atoms with Crippen molar-refractivity contribution in [2.24, 2.45) is 0 Å². The SMILES string of the molecule is COc1ccc([N+](=O)[O-])cc1C(=O)OCC(=O)N(C)CCC#N. The van der Waals surface area contributed by atoms with E-state index in [1.54, 1.807) is 0 Å². The minimum Gasteiger partial charge on any atom is -0.496 e. The van der Waals surface area contributed by atoms with Crippen molar-refractivity contribution in [1.29, 1.82) is 5.26 Å². The van der Waals surface area contributed by atoms with Gasteiger partial charge in [-0.05, 0) is 6.07 Å². The molecule has 122 valence electrons. The third-order valence-electron chi connectivity index (χ3n) is 2.93. The third kappa shape index (κ3) is 4.96. The van der Waals surface area contributed by atoms with Gasteiger partial charge >= 0.3 is 5.97 Å². The van der Waals surface area contributed by atoms with Crippen LogP contribution < -0.4 is 4.74 Å². The van der Waals surface area contributed by atoms with Crippen molar-refractivity contribution in [3.05, 3.63) is 33.9 Å². The molecule has 0 aliphatic carbocycles. The summed E-state index contributed by atoms with van der Waals surface area (Å²) in [6.45, 7) is -0.320. The number of esters is 1. The summed E-state index contributed by atoms with van der Waals surface area (Å²) in [6.07, 6.45) is 0.162. The number of nitro groups is 1. The summed E-state index contributed by atoms with van der Waals surface area (Å²) in [6, 6.07) is 5.38. The number of methoxy groups -OCH3 is 1. The van der Waals surface area contributed by atoms with E-state index in [4.69, 9.17) is 14.7 Å². The van der Waals surface area contributed by atoms with Gasteiger partial charge in [0.05, 0.1) is 24.5 Å². The Labute approximate surface area is 132 Å². The number of hydrogen-bond donors (Lipinski definition) is 0. The summed E-state index contributed by atoms with van der Waals surface area (Å²) >= 11 is 0. The molecule has 1 aromatic rings. The zero-order chi connectivity index (χ0) is 17.4. The number of nitrogens with zero attached hydrogens (tertiary/aromatic N) is 3. The molecule has 0 fully saturated rings. The Balaban J connectivity index is 2.78. The fraction of sp³-hybridized carbons (Fsp3) is 0.357. The van der Waals surface area contributed by atoms with Crippen LogP contribution in [-0.4, -0.2) is 49.0 Å². The first kappa shape index (κ1) is 17.9. The molecule has 9 nitrogen and oxygen atoms in total. The topological polar surface area (TPSA) is 123 Å². The zero-order valence-corrected chi connectivity index (χ0v) is 12.6. The minimum atomic E-state index is -0.910. The normalized spacial score (nSPS) is 9.61. The van der Waals surface area contributed by atoms with Gasteiger partial charge in [-0.2, -0.15) is 5.26 Å². The highest BCUT2D eigenvalue weighted by molar-refractivity contribution is 5.94. The van der Waals surface area contributed by atoms with Crippen molar-refractivity contribution in [3.63, 3.8) is 0 Å². The van der Waals surface area contributed by atoms with Crippen molar-refractivity contribution in [3.8, 4) is 11.8 Å². The van der Waals surface area contributed by atoms with E-state index in [1.165, 1.54) is 31.2 Å². The molecule has 0 saturated heterocycles. The smallest absolute Gasteiger partial charge is 0.342 e. The van der Waals surface area contributed by atoms with Gasteiger partial charge in [0.25, 0.3) is 11.6 Å². The van der Waals surface area contributed by atoms with Crippen molar-refractivity contribution < 1.29 is 24.0 Å². The molecule has 0 radical (unpaired) electrons. The maximum atomic E-state index is 12.0. The van der Waals surface area contributed by atoms with Crippen LogP contribution in [0.5, 0.6) is 5.75 Å². The van der Waals surface area contributed by atoms with Gasteiger partial charge in [-0.3, -0.25) is 14.9 Å². The maximum Gasteiger partial charge on any atom is 0.342 e. The molecule has 0 aliphatic rings. The molecule has 0 bridgehead atoms. The fourth-order valence-corrected chi connectivity index (χ4v) is 1.63. The number of likely N-dealkylation sites (N-methyl/N-ethyl adjacent to an activating group) is 1. The van der Waals surface area contributed by atoms with Crippen LogP contribution in [0.25, 0.3) is 0 Å². The van der Waals surface area contributed by atoms with Gasteiger partial charge in [-0.15, -0.1) is 0 Å². The molecule has 23 heavy (non-hydrogen) atoms. The van der Waals surface area contributed by atoms with E-state index in [0.29, 0.717) is 0 Å². The molecule has 0 saturated carbocycles. The van der Waals surface area contributed by atoms with Crippen LogP contribution in [0.1, 0.15) is 16.8 Å². The number of carbonyl (C=O) groups excluding carboxylic acids is 2. The van der Waals surface area contributed by atoms with Crippen LogP contribution in [0.15, 0.2) is 18.2 Å². The number of hydrogen-bond acceptors (Lipinski definition) is 7. The summed E-state index contributed by atoms with van der Waals surface area (Å²) in [5.74, 6) is -1.29. The summed E-state index contributed by atoms with van der Waals surface area (Å²) in [7, 11) is 2.78. The number of non-ortho nitro benzene ring substituents is 1. The van der Waals surface area contributed by atoms with Crippen LogP contribution in [0.4, 0.5) is 5.69 Å². The van der Waals surface area contributed by atoms with E-state index >= 15 is 0 Å². The van der Waals surface area contributed by atoms with E-state index in [2.05, 4.69) is 0 Å². The lowest BCUT2D eigenvalue weighted by Gasteiger charge is -2.15. The Morgan fingerprint density at radius 2 is 2.13 bits per heavy atom. The highest BCUT2D eigenvalue weighted by Gasteiger charge is 2.20. The number of ether oxygens (including phenoxy) is 2. The molecular formula is C14H15N3O6. The molecule has 1 amide bonds. The monoisotopic (exact) mass is 321 g/mol. The standard InChI is InChI=1S/C14H15N3O6/c1-16(7-3-6-15)13(18)9-23-14(19)11-8-10(17(20)21)4-5-12(11)22-2/h4-5,8H,3,7,9H2,1-2H3. The minimum absolute atomic E-state index is 0.103. The number of nitro benzene ring substituents is 1. The lowest BCUT2D eigenvalue weighted by atomic mass is 10.2. The zero-order valence-electron chi connectivity index (χ0n) is 12.6. The second-order valence-corrected chi connectivity index (χ2v) is 4.44. The first-order chi connectivity index (χ1) is 10.9. The first-order valence-electron chi connectivity index (χ1n) is 6.51. The molecule has 1 aromatic carbocycles. The largest absolute Gasteiger partial charge is 0.496 e. The summed E-state index contributed by atoms with van der Waals surface area (Å²) < 4.78 is 9.81. The highest BCUT2D eigenvalue weighted by Crippen LogP contribution is 2.24. The number of nitriles is 1. The van der Waals surface area contributed by atoms with Gasteiger partial charge in [-0.1, -0.05) is 0 Å². The van der Waals surface area contributed by atoms with Gasteiger partial charge in [0.1, 0.15) is 11.3 Å². The number of amides is 1. The molecule has 1 rings (SSSR count). The molecule has 9 heteroatoms. The van der Waals surface area contributed by atoms with Gasteiger partial charge in [-0.25, -0.2) is 4.79 Å². The van der Waals surface area contributed by atoms with Gasteiger partial charge in [0, 0.05) is 25.7 Å². The lowest BCUT2D eigenvalue weighted by Crippen LogP contribution is -2.32. The predicted octanol–water partition coefficient (Wildman–Crippen LogP) is 1.13. The molecule has 0 aliphatic heterocycles. The molecular weight excluding hydrogens is 306 g/mol. The van der Waals surface area contributed by atoms with E-state index in [-0.39, 0.29) is 30.0 Å². The summed E-state index contributed by atoms with van der Waals surface area (Å²) in [5.41, 5.74) is -0.440. The Hall–Kier alpha value is -3.15. The maximum absolute atomic E-state index is 12.0. The van der Waals surface area contributed by atoms with Crippen molar-refractivity contribution in [2.75, 3.05) is 27.3 Å². The Bertz CT molecular complexity index is 652. The van der Waals surface area contributed by atoms with E-state index in [0.717, 1.165) is 6.07 Å². The second kappa shape index (κ2) is 8.33. The number of rotatable bonds is 7. The molecule has 0 unspecified atom stereocenters. The molecule has 0 aromatic heterocycles. The van der Waals surface area contributed by atoms with Crippen LogP contribution in [-0.2, 0) is 9.53 Å². The summed E-state index contributed by atoms with van der Waals surface area (Å²) in [5, 5.41) is 19.2. The van der Waals surface area contributed by atoms with Gasteiger partial charge in [0.15, 0.2) is 6.61 Å². The van der Waals surface area contributed by atoms with Gasteiger partial charge in [0.2, 0.25) is 0 Å².